The lowest BCUT2D eigenvalue weighted by Gasteiger charge is -2.37. The van der Waals surface area contributed by atoms with Crippen LogP contribution in [-0.4, -0.2) is 35.0 Å². The Kier molecular flexibility index (Phi) is 2.90. The topological polar surface area (TPSA) is 40.1 Å². The molecule has 0 aromatic carbocycles. The number of hydrogen-bond acceptors (Lipinski definition) is 2. The highest BCUT2D eigenvalue weighted by Gasteiger charge is 2.39. The third kappa shape index (κ3) is 1.93. The predicted octanol–water partition coefficient (Wildman–Crippen LogP) is -0.114. The van der Waals surface area contributed by atoms with Crippen molar-refractivity contribution in [2.75, 3.05) is 21.1 Å². The van der Waals surface area contributed by atoms with Gasteiger partial charge in [-0.15, -0.1) is 0 Å². The van der Waals surface area contributed by atoms with Crippen molar-refractivity contribution in [1.29, 1.82) is 0 Å². The van der Waals surface area contributed by atoms with Gasteiger partial charge in [0.25, 0.3) is 0 Å². The molecule has 0 saturated carbocycles. The van der Waals surface area contributed by atoms with Gasteiger partial charge in [0.1, 0.15) is 5.97 Å². The molecular weight excluding hydrogens is 266 g/mol. The molecule has 0 bridgehead atoms. The van der Waals surface area contributed by atoms with Crippen molar-refractivity contribution in [2.24, 2.45) is 0 Å². The maximum atomic E-state index is 10.4. The Morgan fingerprint density at radius 2 is 1.70 bits per heavy atom. The highest BCUT2D eigenvalue weighted by molar-refractivity contribution is 9.25. The lowest BCUT2D eigenvalue weighted by molar-refractivity contribution is -0.880. The van der Waals surface area contributed by atoms with Gasteiger partial charge in [-0.3, -0.25) is 0 Å². The van der Waals surface area contributed by atoms with E-state index in [0.29, 0.717) is 0 Å². The Balaban J connectivity index is 4.57. The fraction of sp³-hybridized carbons (Fsp3) is 0.800. The van der Waals surface area contributed by atoms with Gasteiger partial charge in [-0.25, -0.2) is 0 Å². The van der Waals surface area contributed by atoms with E-state index in [0.717, 1.165) is 0 Å². The zero-order valence-corrected chi connectivity index (χ0v) is 9.19. The van der Waals surface area contributed by atoms with Gasteiger partial charge in [-0.1, -0.05) is 0 Å². The number of carbonyl (C=O) groups is 1. The summed E-state index contributed by atoms with van der Waals surface area (Å²) in [5.41, 5.74) is 0. The van der Waals surface area contributed by atoms with E-state index in [4.69, 9.17) is 0 Å². The van der Waals surface area contributed by atoms with Crippen molar-refractivity contribution in [1.82, 2.24) is 0 Å². The number of hydrogen-bond donors (Lipinski definition) is 0. The van der Waals surface area contributed by atoms with Crippen LogP contribution in [0, 0.1) is 0 Å². The number of likely N-dealkylation sites (N-methyl/N-ethyl adjacent to an activating group) is 1. The third-order valence-electron chi connectivity index (χ3n) is 1.09. The van der Waals surface area contributed by atoms with Crippen LogP contribution in [0.5, 0.6) is 0 Å². The Morgan fingerprint density at radius 1 is 1.40 bits per heavy atom. The van der Waals surface area contributed by atoms with Crippen molar-refractivity contribution in [3.05, 3.63) is 0 Å². The maximum Gasteiger partial charge on any atom is 0.248 e. The van der Waals surface area contributed by atoms with Crippen molar-refractivity contribution < 1.29 is 14.4 Å². The predicted molar refractivity (Wildman–Crippen MR) is 43.6 cm³/mol. The average Bonchev–Trinajstić information content (AvgIpc) is 1.62. The number of carboxylic acid groups (broad SMARTS) is 1. The summed E-state index contributed by atoms with van der Waals surface area (Å²) in [7, 11) is 5.21. The van der Waals surface area contributed by atoms with E-state index in [1.807, 2.05) is 0 Å². The average molecular weight is 275 g/mol. The largest absolute Gasteiger partial charge is 0.542 e. The van der Waals surface area contributed by atoms with Gasteiger partial charge < -0.3 is 14.4 Å². The molecule has 10 heavy (non-hydrogen) atoms. The fourth-order valence-corrected chi connectivity index (χ4v) is 0.274. The lowest BCUT2D eigenvalue weighted by atomic mass is 10.5. The van der Waals surface area contributed by atoms with E-state index in [-0.39, 0.29) is 4.48 Å². The zero-order chi connectivity index (χ0) is 8.58. The molecule has 0 N–H and O–H groups in total. The number of aliphatic carboxylic acids is 1. The summed E-state index contributed by atoms with van der Waals surface area (Å²) in [5.74, 6) is -1.18. The molecule has 0 fully saturated rings. The molecule has 0 radical (unpaired) electrons. The second kappa shape index (κ2) is 2.79. The number of quaternary nitrogens is 1. The van der Waals surface area contributed by atoms with E-state index < -0.39 is 9.33 Å². The Hall–Kier alpha value is 0.390. The van der Waals surface area contributed by atoms with E-state index in [1.54, 1.807) is 21.1 Å². The van der Waals surface area contributed by atoms with Gasteiger partial charge in [0.15, 0.2) is 0 Å². The van der Waals surface area contributed by atoms with Crippen molar-refractivity contribution >= 4 is 37.8 Å². The molecule has 0 atom stereocenters. The summed E-state index contributed by atoms with van der Waals surface area (Å²) in [4.78, 5) is 10.4. The summed E-state index contributed by atoms with van der Waals surface area (Å²) in [6, 6.07) is 0. The monoisotopic (exact) mass is 273 g/mol. The summed E-state index contributed by atoms with van der Waals surface area (Å²) < 4.78 is -0.991. The normalized spacial score (nSPS) is 13.3. The van der Waals surface area contributed by atoms with Crippen LogP contribution in [0.3, 0.4) is 0 Å². The standard InChI is InChI=1S/C5H9Br2NO2/c1-8(2,3)5(6,7)4(9)10/h1-3H3. The molecule has 0 aliphatic heterocycles. The van der Waals surface area contributed by atoms with Crippen LogP contribution in [-0.2, 0) is 4.79 Å². The molecule has 5 heteroatoms. The Morgan fingerprint density at radius 3 is 1.70 bits per heavy atom. The Bertz CT molecular complexity index is 150. The highest BCUT2D eigenvalue weighted by atomic mass is 79.9. The molecule has 0 aliphatic carbocycles. The Labute approximate surface area is 76.9 Å². The maximum absolute atomic E-state index is 10.4. The first kappa shape index (κ1) is 10.4. The minimum Gasteiger partial charge on any atom is -0.542 e. The number of alkyl halides is 2. The van der Waals surface area contributed by atoms with Crippen LogP contribution in [0.1, 0.15) is 0 Å². The fourth-order valence-electron chi connectivity index (χ4n) is 0.274. The van der Waals surface area contributed by atoms with E-state index >= 15 is 0 Å². The van der Waals surface area contributed by atoms with Crippen LogP contribution in [0.2, 0.25) is 0 Å². The lowest BCUT2D eigenvalue weighted by Crippen LogP contribution is -2.58. The number of halogens is 2. The number of carbonyl (C=O) groups excluding carboxylic acids is 1. The quantitative estimate of drug-likeness (QED) is 0.400. The SMILES string of the molecule is C[N+](C)(C)C(Br)(Br)C(=O)[O-]. The molecule has 0 aliphatic rings. The summed E-state index contributed by atoms with van der Waals surface area (Å²) in [6.07, 6.45) is 0. The van der Waals surface area contributed by atoms with Crippen LogP contribution in [0.15, 0.2) is 0 Å². The van der Waals surface area contributed by atoms with Crippen molar-refractivity contribution in [3.8, 4) is 0 Å². The van der Waals surface area contributed by atoms with Crippen LogP contribution in [0.4, 0.5) is 0 Å². The molecule has 0 unspecified atom stereocenters. The minimum absolute atomic E-state index is 0.204. The first-order valence-corrected chi connectivity index (χ1v) is 4.19. The molecule has 0 heterocycles. The molecule has 0 spiro atoms. The molecule has 0 amide bonds. The number of carboxylic acids is 1. The van der Waals surface area contributed by atoms with Gasteiger partial charge >= 0.3 is 0 Å². The summed E-state index contributed by atoms with van der Waals surface area (Å²) >= 11 is 5.99. The second-order valence-electron chi connectivity index (χ2n) is 2.84. The summed E-state index contributed by atoms with van der Waals surface area (Å²) in [5, 5.41) is 10.4. The third-order valence-corrected chi connectivity index (χ3v) is 3.86. The molecule has 60 valence electrons. The smallest absolute Gasteiger partial charge is 0.248 e. The minimum atomic E-state index is -1.19. The second-order valence-corrected chi connectivity index (χ2v) is 6.20. The van der Waals surface area contributed by atoms with Crippen molar-refractivity contribution in [3.63, 3.8) is 0 Å². The van der Waals surface area contributed by atoms with Crippen molar-refractivity contribution in [2.45, 2.75) is 3.36 Å². The van der Waals surface area contributed by atoms with Crippen LogP contribution in [0.25, 0.3) is 0 Å². The first-order chi connectivity index (χ1) is 4.19. The number of nitrogens with zero attached hydrogens (tertiary/aromatic N) is 1. The number of rotatable bonds is 2. The van der Waals surface area contributed by atoms with Crippen LogP contribution >= 0.6 is 31.9 Å². The molecule has 3 nitrogen and oxygen atoms in total. The van der Waals surface area contributed by atoms with Gasteiger partial charge in [0.05, 0.1) is 21.1 Å². The molecule has 0 saturated heterocycles. The highest BCUT2D eigenvalue weighted by Crippen LogP contribution is 2.32. The zero-order valence-electron chi connectivity index (χ0n) is 6.02. The molecule has 0 aromatic rings. The van der Waals surface area contributed by atoms with Crippen LogP contribution < -0.4 is 5.11 Å². The van der Waals surface area contributed by atoms with Gasteiger partial charge in [-0.05, 0) is 0 Å². The van der Waals surface area contributed by atoms with Gasteiger partial charge in [0, 0.05) is 31.9 Å². The first-order valence-electron chi connectivity index (χ1n) is 2.60. The molecule has 0 rings (SSSR count). The van der Waals surface area contributed by atoms with Gasteiger partial charge in [-0.2, -0.15) is 0 Å². The van der Waals surface area contributed by atoms with E-state index in [1.165, 1.54) is 0 Å². The van der Waals surface area contributed by atoms with Gasteiger partial charge in [0.2, 0.25) is 3.36 Å². The molecular formula is C5H9Br2NO2. The molecule has 0 aromatic heterocycles. The summed E-state index contributed by atoms with van der Waals surface area (Å²) in [6.45, 7) is 0. The van der Waals surface area contributed by atoms with E-state index in [9.17, 15) is 9.90 Å². The van der Waals surface area contributed by atoms with E-state index in [2.05, 4.69) is 31.9 Å².